The third-order valence-electron chi connectivity index (χ3n) is 5.54. The maximum absolute atomic E-state index is 12.6. The van der Waals surface area contributed by atoms with Gasteiger partial charge < -0.3 is 20.1 Å². The lowest BCUT2D eigenvalue weighted by Gasteiger charge is -2.27. The van der Waals surface area contributed by atoms with Crippen molar-refractivity contribution in [3.05, 3.63) is 23.8 Å². The minimum absolute atomic E-state index is 0.00856. The van der Waals surface area contributed by atoms with Crippen LogP contribution in [0, 0.1) is 18.8 Å². The van der Waals surface area contributed by atoms with Crippen molar-refractivity contribution in [2.24, 2.45) is 11.8 Å². The minimum Gasteiger partial charge on any atom is -0.495 e. The molecule has 3 rings (SSSR count). The summed E-state index contributed by atoms with van der Waals surface area (Å²) in [6, 6.07) is 5.63. The summed E-state index contributed by atoms with van der Waals surface area (Å²) >= 11 is 0. The number of ether oxygens (including phenoxy) is 1. The average molecular weight is 374 g/mol. The van der Waals surface area contributed by atoms with Gasteiger partial charge in [0.2, 0.25) is 11.8 Å². The lowest BCUT2D eigenvalue weighted by molar-refractivity contribution is -0.142. The third kappa shape index (κ3) is 4.23. The van der Waals surface area contributed by atoms with Crippen LogP contribution in [-0.2, 0) is 14.4 Å². The second kappa shape index (κ2) is 7.98. The number of carbonyl (C=O) groups is 3. The van der Waals surface area contributed by atoms with Gasteiger partial charge in [-0.15, -0.1) is 0 Å². The molecular formula is C20H26N2O5. The second-order valence-corrected chi connectivity index (χ2v) is 7.48. The van der Waals surface area contributed by atoms with Gasteiger partial charge in [0, 0.05) is 19.0 Å². The van der Waals surface area contributed by atoms with E-state index in [9.17, 15) is 14.4 Å². The topological polar surface area (TPSA) is 95.9 Å². The number of aliphatic carboxylic acids is 1. The molecule has 2 amide bonds. The molecular weight excluding hydrogens is 348 g/mol. The molecule has 2 fully saturated rings. The summed E-state index contributed by atoms with van der Waals surface area (Å²) in [4.78, 5) is 37.8. The molecule has 146 valence electrons. The Labute approximate surface area is 158 Å². The Hall–Kier alpha value is -2.57. The van der Waals surface area contributed by atoms with Gasteiger partial charge in [-0.05, 0) is 50.3 Å². The highest BCUT2D eigenvalue weighted by Crippen LogP contribution is 2.34. The van der Waals surface area contributed by atoms with Gasteiger partial charge in [-0.1, -0.05) is 6.07 Å². The van der Waals surface area contributed by atoms with Gasteiger partial charge in [0.05, 0.1) is 24.6 Å². The Morgan fingerprint density at radius 2 is 1.89 bits per heavy atom. The van der Waals surface area contributed by atoms with E-state index in [0.29, 0.717) is 43.7 Å². The molecule has 2 aliphatic rings. The van der Waals surface area contributed by atoms with E-state index in [1.54, 1.807) is 12.0 Å². The SMILES string of the molecule is COc1ccc(C)cc1N1CC(C(=O)NC2CCC(C(=O)O)CC2)CC1=O. The lowest BCUT2D eigenvalue weighted by atomic mass is 9.86. The van der Waals surface area contributed by atoms with Crippen LogP contribution in [0.4, 0.5) is 5.69 Å². The highest BCUT2D eigenvalue weighted by atomic mass is 16.5. The highest BCUT2D eigenvalue weighted by molar-refractivity contribution is 6.01. The van der Waals surface area contributed by atoms with Gasteiger partial charge in [-0.3, -0.25) is 14.4 Å². The van der Waals surface area contributed by atoms with E-state index in [1.165, 1.54) is 0 Å². The first-order valence-corrected chi connectivity index (χ1v) is 9.37. The number of benzene rings is 1. The number of amides is 2. The van der Waals surface area contributed by atoms with Gasteiger partial charge in [0.15, 0.2) is 0 Å². The van der Waals surface area contributed by atoms with E-state index in [4.69, 9.17) is 9.84 Å². The summed E-state index contributed by atoms with van der Waals surface area (Å²) in [5, 5.41) is 12.1. The Morgan fingerprint density at radius 3 is 2.52 bits per heavy atom. The summed E-state index contributed by atoms with van der Waals surface area (Å²) in [5.74, 6) is -1.08. The number of hydrogen-bond donors (Lipinski definition) is 2. The first-order chi connectivity index (χ1) is 12.9. The third-order valence-corrected chi connectivity index (χ3v) is 5.54. The van der Waals surface area contributed by atoms with Crippen LogP contribution in [0.5, 0.6) is 5.75 Å². The van der Waals surface area contributed by atoms with Crippen LogP contribution in [0.3, 0.4) is 0 Å². The smallest absolute Gasteiger partial charge is 0.306 e. The summed E-state index contributed by atoms with van der Waals surface area (Å²) in [7, 11) is 1.56. The number of nitrogens with one attached hydrogen (secondary N) is 1. The van der Waals surface area contributed by atoms with Crippen molar-refractivity contribution in [3.8, 4) is 5.75 Å². The van der Waals surface area contributed by atoms with E-state index < -0.39 is 11.9 Å². The highest BCUT2D eigenvalue weighted by Gasteiger charge is 2.37. The number of rotatable bonds is 5. The largest absolute Gasteiger partial charge is 0.495 e. The van der Waals surface area contributed by atoms with E-state index >= 15 is 0 Å². The summed E-state index contributed by atoms with van der Waals surface area (Å²) in [6.45, 7) is 2.27. The number of anilines is 1. The molecule has 2 N–H and O–H groups in total. The number of carboxylic acid groups (broad SMARTS) is 1. The maximum Gasteiger partial charge on any atom is 0.306 e. The summed E-state index contributed by atoms with van der Waals surface area (Å²) in [5.41, 5.74) is 1.71. The Morgan fingerprint density at radius 1 is 1.19 bits per heavy atom. The molecule has 27 heavy (non-hydrogen) atoms. The standard InChI is InChI=1S/C20H26N2O5/c1-12-3-8-17(27-2)16(9-12)22-11-14(10-18(22)23)19(24)21-15-6-4-13(5-7-15)20(25)26/h3,8-9,13-15H,4-7,10-11H2,1-2H3,(H,21,24)(H,25,26). The van der Waals surface area contributed by atoms with Crippen molar-refractivity contribution in [3.63, 3.8) is 0 Å². The average Bonchev–Trinajstić information content (AvgIpc) is 3.04. The van der Waals surface area contributed by atoms with Crippen molar-refractivity contribution in [2.45, 2.75) is 45.1 Å². The number of aryl methyl sites for hydroxylation is 1. The van der Waals surface area contributed by atoms with Crippen molar-refractivity contribution < 1.29 is 24.2 Å². The van der Waals surface area contributed by atoms with Crippen molar-refractivity contribution >= 4 is 23.5 Å². The number of hydrogen-bond acceptors (Lipinski definition) is 4. The zero-order valence-electron chi connectivity index (χ0n) is 15.7. The monoisotopic (exact) mass is 374 g/mol. The molecule has 1 saturated carbocycles. The van der Waals surface area contributed by atoms with E-state index in [0.717, 1.165) is 5.56 Å². The lowest BCUT2D eigenvalue weighted by Crippen LogP contribution is -2.42. The quantitative estimate of drug-likeness (QED) is 0.823. The van der Waals surface area contributed by atoms with Crippen LogP contribution in [-0.4, -0.2) is 42.6 Å². The normalized spacial score (nSPS) is 25.3. The van der Waals surface area contributed by atoms with E-state index in [-0.39, 0.29) is 30.2 Å². The minimum atomic E-state index is -0.760. The van der Waals surface area contributed by atoms with Crippen molar-refractivity contribution in [1.82, 2.24) is 5.32 Å². The fourth-order valence-electron chi connectivity index (χ4n) is 3.93. The molecule has 1 saturated heterocycles. The molecule has 7 heteroatoms. The maximum atomic E-state index is 12.6. The first-order valence-electron chi connectivity index (χ1n) is 9.37. The molecule has 1 heterocycles. The van der Waals surface area contributed by atoms with Gasteiger partial charge in [-0.25, -0.2) is 0 Å². The first kappa shape index (κ1) is 19.2. The zero-order chi connectivity index (χ0) is 19.6. The fourth-order valence-corrected chi connectivity index (χ4v) is 3.93. The van der Waals surface area contributed by atoms with Crippen LogP contribution >= 0.6 is 0 Å². The van der Waals surface area contributed by atoms with Gasteiger partial charge in [-0.2, -0.15) is 0 Å². The van der Waals surface area contributed by atoms with Crippen molar-refractivity contribution in [2.75, 3.05) is 18.6 Å². The molecule has 0 radical (unpaired) electrons. The number of carbonyl (C=O) groups excluding carboxylic acids is 2. The predicted molar refractivity (Wildman–Crippen MR) is 99.7 cm³/mol. The molecule has 0 spiro atoms. The molecule has 0 aromatic heterocycles. The molecule has 1 unspecified atom stereocenters. The Bertz CT molecular complexity index is 740. The molecule has 1 aromatic rings. The molecule has 7 nitrogen and oxygen atoms in total. The number of carboxylic acids is 1. The molecule has 1 aliphatic carbocycles. The van der Waals surface area contributed by atoms with Gasteiger partial charge in [0.1, 0.15) is 5.75 Å². The predicted octanol–water partition coefficient (Wildman–Crippen LogP) is 2.12. The Balaban J connectivity index is 1.61. The molecule has 1 atom stereocenters. The van der Waals surface area contributed by atoms with Crippen LogP contribution in [0.1, 0.15) is 37.7 Å². The summed E-state index contributed by atoms with van der Waals surface area (Å²) < 4.78 is 5.37. The van der Waals surface area contributed by atoms with Crippen LogP contribution in [0.2, 0.25) is 0 Å². The van der Waals surface area contributed by atoms with Gasteiger partial charge in [0.25, 0.3) is 0 Å². The Kier molecular flexibility index (Phi) is 5.68. The molecule has 1 aliphatic heterocycles. The molecule has 0 bridgehead atoms. The van der Waals surface area contributed by atoms with E-state index in [1.807, 2.05) is 25.1 Å². The fraction of sp³-hybridized carbons (Fsp3) is 0.550. The zero-order valence-corrected chi connectivity index (χ0v) is 15.7. The van der Waals surface area contributed by atoms with Crippen LogP contribution < -0.4 is 15.0 Å². The van der Waals surface area contributed by atoms with E-state index in [2.05, 4.69) is 5.32 Å². The van der Waals surface area contributed by atoms with Crippen LogP contribution in [0.15, 0.2) is 18.2 Å². The number of methoxy groups -OCH3 is 1. The second-order valence-electron chi connectivity index (χ2n) is 7.48. The summed E-state index contributed by atoms with van der Waals surface area (Å²) in [6.07, 6.45) is 2.66. The molecule has 1 aromatic carbocycles. The van der Waals surface area contributed by atoms with Crippen molar-refractivity contribution in [1.29, 1.82) is 0 Å². The van der Waals surface area contributed by atoms with Gasteiger partial charge >= 0.3 is 5.97 Å². The van der Waals surface area contributed by atoms with Crippen LogP contribution in [0.25, 0.3) is 0 Å². The number of nitrogens with zero attached hydrogens (tertiary/aromatic N) is 1.